The number of hydrogen-bond donors (Lipinski definition) is 0. The summed E-state index contributed by atoms with van der Waals surface area (Å²) in [6.45, 7) is 3.31. The average Bonchev–Trinajstić information content (AvgIpc) is 3.02. The van der Waals surface area contributed by atoms with Crippen molar-refractivity contribution in [2.75, 3.05) is 13.1 Å². The summed E-state index contributed by atoms with van der Waals surface area (Å²) >= 11 is 0. The molecule has 2 aromatic heterocycles. The molecule has 0 amide bonds. The first-order chi connectivity index (χ1) is 9.72. The van der Waals surface area contributed by atoms with Gasteiger partial charge in [-0.15, -0.1) is 0 Å². The van der Waals surface area contributed by atoms with E-state index in [1.807, 2.05) is 24.8 Å². The van der Waals surface area contributed by atoms with Crippen molar-refractivity contribution < 1.29 is 0 Å². The molecule has 20 heavy (non-hydrogen) atoms. The highest BCUT2D eigenvalue weighted by Gasteiger charge is 2.21. The van der Waals surface area contributed by atoms with E-state index in [0.29, 0.717) is 0 Å². The SMILES string of the molecule is Cn1ccnc1CC1CCN(Cc2nccn2C)CC1. The van der Waals surface area contributed by atoms with Crippen LogP contribution in [0.15, 0.2) is 24.8 Å². The van der Waals surface area contributed by atoms with Crippen molar-refractivity contribution in [3.05, 3.63) is 36.4 Å². The summed E-state index contributed by atoms with van der Waals surface area (Å²) in [5.74, 6) is 3.15. The topological polar surface area (TPSA) is 38.9 Å². The predicted octanol–water partition coefficient (Wildman–Crippen LogP) is 1.61. The van der Waals surface area contributed by atoms with Gasteiger partial charge in [0.2, 0.25) is 0 Å². The first-order valence-electron chi connectivity index (χ1n) is 7.37. The van der Waals surface area contributed by atoms with Gasteiger partial charge in [0, 0.05) is 45.3 Å². The van der Waals surface area contributed by atoms with Gasteiger partial charge in [-0.3, -0.25) is 4.90 Å². The highest BCUT2D eigenvalue weighted by molar-refractivity contribution is 4.95. The molecule has 0 atom stereocenters. The van der Waals surface area contributed by atoms with Crippen molar-refractivity contribution >= 4 is 0 Å². The molecule has 0 N–H and O–H groups in total. The van der Waals surface area contributed by atoms with E-state index >= 15 is 0 Å². The molecule has 0 bridgehead atoms. The molecule has 5 nitrogen and oxygen atoms in total. The molecule has 5 heteroatoms. The zero-order valence-electron chi connectivity index (χ0n) is 12.4. The lowest BCUT2D eigenvalue weighted by Crippen LogP contribution is -2.34. The second-order valence-electron chi connectivity index (χ2n) is 5.83. The molecule has 0 saturated carbocycles. The molecule has 0 aromatic carbocycles. The maximum absolute atomic E-state index is 4.44. The molecule has 0 radical (unpaired) electrons. The maximum Gasteiger partial charge on any atom is 0.122 e. The molecule has 1 aliphatic rings. The van der Waals surface area contributed by atoms with Gasteiger partial charge in [-0.2, -0.15) is 0 Å². The Bertz CT molecular complexity index is 498. The average molecular weight is 273 g/mol. The second kappa shape index (κ2) is 5.79. The Morgan fingerprint density at radius 2 is 1.60 bits per heavy atom. The normalized spacial score (nSPS) is 17.7. The van der Waals surface area contributed by atoms with Crippen molar-refractivity contribution in [2.45, 2.75) is 25.8 Å². The summed E-state index contributed by atoms with van der Waals surface area (Å²) in [5.41, 5.74) is 0. The van der Waals surface area contributed by atoms with Crippen LogP contribution in [0.25, 0.3) is 0 Å². The van der Waals surface area contributed by atoms with Gasteiger partial charge in [-0.25, -0.2) is 9.97 Å². The van der Waals surface area contributed by atoms with Gasteiger partial charge in [0.05, 0.1) is 6.54 Å². The number of nitrogens with zero attached hydrogens (tertiary/aromatic N) is 5. The van der Waals surface area contributed by atoms with Crippen LogP contribution in [0.4, 0.5) is 0 Å². The lowest BCUT2D eigenvalue weighted by atomic mass is 9.93. The van der Waals surface area contributed by atoms with E-state index in [1.54, 1.807) is 0 Å². The van der Waals surface area contributed by atoms with Gasteiger partial charge in [0.25, 0.3) is 0 Å². The Kier molecular flexibility index (Phi) is 3.87. The maximum atomic E-state index is 4.44. The summed E-state index contributed by atoms with van der Waals surface area (Å²) in [4.78, 5) is 11.4. The Labute approximate surface area is 120 Å². The Morgan fingerprint density at radius 3 is 2.15 bits per heavy atom. The molecule has 0 spiro atoms. The zero-order valence-corrected chi connectivity index (χ0v) is 12.4. The predicted molar refractivity (Wildman–Crippen MR) is 78.1 cm³/mol. The first-order valence-corrected chi connectivity index (χ1v) is 7.37. The minimum atomic E-state index is 0.772. The summed E-state index contributed by atoms with van der Waals surface area (Å²) in [6, 6.07) is 0. The van der Waals surface area contributed by atoms with Gasteiger partial charge in [-0.05, 0) is 31.8 Å². The first kappa shape index (κ1) is 13.4. The summed E-state index contributed by atoms with van der Waals surface area (Å²) in [7, 11) is 4.15. The molecular weight excluding hydrogens is 250 g/mol. The number of aryl methyl sites for hydroxylation is 2. The number of rotatable bonds is 4. The summed E-state index contributed by atoms with van der Waals surface area (Å²) < 4.78 is 4.25. The monoisotopic (exact) mass is 273 g/mol. The third-order valence-electron chi connectivity index (χ3n) is 4.39. The molecule has 3 rings (SSSR count). The van der Waals surface area contributed by atoms with E-state index in [1.165, 1.54) is 31.8 Å². The van der Waals surface area contributed by atoms with E-state index in [4.69, 9.17) is 0 Å². The largest absolute Gasteiger partial charge is 0.338 e. The molecule has 108 valence electrons. The van der Waals surface area contributed by atoms with Crippen molar-refractivity contribution in [2.24, 2.45) is 20.0 Å². The number of piperidine rings is 1. The van der Waals surface area contributed by atoms with E-state index in [0.717, 1.165) is 24.7 Å². The molecule has 0 aliphatic carbocycles. The van der Waals surface area contributed by atoms with Gasteiger partial charge in [0.15, 0.2) is 0 Å². The van der Waals surface area contributed by atoms with Crippen LogP contribution in [0.3, 0.4) is 0 Å². The molecule has 1 saturated heterocycles. The number of aromatic nitrogens is 4. The Morgan fingerprint density at radius 1 is 1.00 bits per heavy atom. The quantitative estimate of drug-likeness (QED) is 0.849. The third kappa shape index (κ3) is 2.93. The molecule has 1 aliphatic heterocycles. The van der Waals surface area contributed by atoms with Crippen LogP contribution in [0.2, 0.25) is 0 Å². The molecule has 0 unspecified atom stereocenters. The van der Waals surface area contributed by atoms with Crippen LogP contribution in [-0.2, 0) is 27.1 Å². The number of imidazole rings is 2. The van der Waals surface area contributed by atoms with Crippen LogP contribution < -0.4 is 0 Å². The number of likely N-dealkylation sites (tertiary alicyclic amines) is 1. The van der Waals surface area contributed by atoms with Crippen molar-refractivity contribution in [1.82, 2.24) is 24.0 Å². The van der Waals surface area contributed by atoms with Crippen molar-refractivity contribution in [3.63, 3.8) is 0 Å². The van der Waals surface area contributed by atoms with Crippen molar-refractivity contribution in [1.29, 1.82) is 0 Å². The molecule has 3 heterocycles. The molecule has 2 aromatic rings. The van der Waals surface area contributed by atoms with Crippen LogP contribution in [-0.4, -0.2) is 37.1 Å². The van der Waals surface area contributed by atoms with Crippen LogP contribution in [0.1, 0.15) is 24.5 Å². The highest BCUT2D eigenvalue weighted by Crippen LogP contribution is 2.21. The Balaban J connectivity index is 1.50. The highest BCUT2D eigenvalue weighted by atomic mass is 15.2. The lowest BCUT2D eigenvalue weighted by Gasteiger charge is -2.31. The number of hydrogen-bond acceptors (Lipinski definition) is 3. The fourth-order valence-electron chi connectivity index (χ4n) is 2.95. The fraction of sp³-hybridized carbons (Fsp3) is 0.600. The van der Waals surface area contributed by atoms with Gasteiger partial charge >= 0.3 is 0 Å². The van der Waals surface area contributed by atoms with Crippen molar-refractivity contribution in [3.8, 4) is 0 Å². The van der Waals surface area contributed by atoms with Gasteiger partial charge in [-0.1, -0.05) is 0 Å². The van der Waals surface area contributed by atoms with E-state index in [2.05, 4.69) is 38.1 Å². The second-order valence-corrected chi connectivity index (χ2v) is 5.83. The smallest absolute Gasteiger partial charge is 0.122 e. The minimum absolute atomic E-state index is 0.772. The molecular formula is C15H23N5. The lowest BCUT2D eigenvalue weighted by molar-refractivity contribution is 0.171. The zero-order chi connectivity index (χ0) is 13.9. The summed E-state index contributed by atoms with van der Waals surface area (Å²) in [5, 5.41) is 0. The van der Waals surface area contributed by atoms with Crippen LogP contribution in [0.5, 0.6) is 0 Å². The fourth-order valence-corrected chi connectivity index (χ4v) is 2.95. The van der Waals surface area contributed by atoms with E-state index in [9.17, 15) is 0 Å². The Hall–Kier alpha value is -1.62. The van der Waals surface area contributed by atoms with E-state index in [-0.39, 0.29) is 0 Å². The summed E-state index contributed by atoms with van der Waals surface area (Å²) in [6.07, 6.45) is 11.5. The minimum Gasteiger partial charge on any atom is -0.338 e. The standard InChI is InChI=1S/C15H23N5/c1-18-9-5-16-14(18)11-13-3-7-20(8-4-13)12-15-17-6-10-19(15)2/h5-6,9-10,13H,3-4,7-8,11-12H2,1-2H3. The van der Waals surface area contributed by atoms with E-state index < -0.39 is 0 Å². The van der Waals surface area contributed by atoms with Crippen LogP contribution in [0, 0.1) is 5.92 Å². The van der Waals surface area contributed by atoms with Crippen LogP contribution >= 0.6 is 0 Å². The van der Waals surface area contributed by atoms with Gasteiger partial charge in [0.1, 0.15) is 11.6 Å². The van der Waals surface area contributed by atoms with Gasteiger partial charge < -0.3 is 9.13 Å². The molecule has 1 fully saturated rings. The third-order valence-corrected chi connectivity index (χ3v) is 4.39.